The number of benzene rings is 1. The van der Waals surface area contributed by atoms with Crippen molar-refractivity contribution in [3.63, 3.8) is 0 Å². The van der Waals surface area contributed by atoms with Crippen LogP contribution in [0.15, 0.2) is 41.0 Å². The van der Waals surface area contributed by atoms with E-state index in [1.54, 1.807) is 18.3 Å². The van der Waals surface area contributed by atoms with Gasteiger partial charge in [0.05, 0.1) is 11.7 Å². The lowest BCUT2D eigenvalue weighted by atomic mass is 10.0. The van der Waals surface area contributed by atoms with Crippen LogP contribution in [0.5, 0.6) is 0 Å². The summed E-state index contributed by atoms with van der Waals surface area (Å²) in [6, 6.07) is 8.41. The Labute approximate surface area is 125 Å². The predicted molar refractivity (Wildman–Crippen MR) is 80.0 cm³/mol. The third-order valence-corrected chi connectivity index (χ3v) is 3.55. The van der Waals surface area contributed by atoms with Crippen LogP contribution in [-0.4, -0.2) is 4.98 Å². The molecule has 1 heterocycles. The van der Waals surface area contributed by atoms with Crippen molar-refractivity contribution in [2.75, 3.05) is 5.32 Å². The van der Waals surface area contributed by atoms with Gasteiger partial charge in [0.1, 0.15) is 5.82 Å². The largest absolute Gasteiger partial charge is 0.376 e. The molecule has 0 spiro atoms. The summed E-state index contributed by atoms with van der Waals surface area (Å²) in [6.07, 6.45) is 2.50. The van der Waals surface area contributed by atoms with Gasteiger partial charge >= 0.3 is 0 Å². The molecular formula is C14H13BrClFN2. The average molecular weight is 344 g/mol. The van der Waals surface area contributed by atoms with Crippen LogP contribution < -0.4 is 5.32 Å². The maximum atomic E-state index is 12.9. The lowest BCUT2D eigenvalue weighted by Gasteiger charge is -2.19. The second kappa shape index (κ2) is 6.35. The first-order valence-corrected chi connectivity index (χ1v) is 7.10. The van der Waals surface area contributed by atoms with Crippen LogP contribution in [0.2, 0.25) is 5.15 Å². The number of aromatic nitrogens is 1. The van der Waals surface area contributed by atoms with Gasteiger partial charge in [0.15, 0.2) is 5.15 Å². The van der Waals surface area contributed by atoms with Gasteiger partial charge in [0.25, 0.3) is 0 Å². The Morgan fingerprint density at radius 2 is 2.05 bits per heavy atom. The Morgan fingerprint density at radius 3 is 2.68 bits per heavy atom. The molecule has 1 aromatic carbocycles. The molecule has 0 aliphatic carbocycles. The van der Waals surface area contributed by atoms with Gasteiger partial charge < -0.3 is 5.32 Å². The van der Waals surface area contributed by atoms with E-state index in [4.69, 9.17) is 11.6 Å². The van der Waals surface area contributed by atoms with E-state index in [9.17, 15) is 4.39 Å². The summed E-state index contributed by atoms with van der Waals surface area (Å²) in [5.41, 5.74) is 1.77. The fourth-order valence-corrected chi connectivity index (χ4v) is 2.32. The van der Waals surface area contributed by atoms with Gasteiger partial charge in [-0.2, -0.15) is 0 Å². The Balaban J connectivity index is 2.23. The normalized spacial score (nSPS) is 12.2. The molecule has 0 amide bonds. The van der Waals surface area contributed by atoms with E-state index in [2.05, 4.69) is 33.2 Å². The van der Waals surface area contributed by atoms with Crippen LogP contribution in [0, 0.1) is 5.82 Å². The molecule has 0 bridgehead atoms. The van der Waals surface area contributed by atoms with Crippen molar-refractivity contribution in [3.05, 3.63) is 57.5 Å². The standard InChI is InChI=1S/C14H13BrClFN2/c1-2-12(9-3-5-11(17)6-4-9)19-13-7-10(15)8-18-14(13)16/h3-8,12,19H,2H2,1H3. The minimum atomic E-state index is -0.235. The van der Waals surface area contributed by atoms with E-state index in [0.29, 0.717) is 5.15 Å². The number of halogens is 3. The van der Waals surface area contributed by atoms with E-state index in [1.165, 1.54) is 12.1 Å². The molecule has 2 nitrogen and oxygen atoms in total. The molecule has 1 N–H and O–H groups in total. The summed E-state index contributed by atoms with van der Waals surface area (Å²) in [5.74, 6) is -0.235. The van der Waals surface area contributed by atoms with Gasteiger partial charge in [-0.05, 0) is 46.1 Å². The molecule has 2 aromatic rings. The number of nitrogens with one attached hydrogen (secondary N) is 1. The molecule has 0 aliphatic heterocycles. The fourth-order valence-electron chi connectivity index (χ4n) is 1.83. The second-order valence-corrected chi connectivity index (χ2v) is 5.42. The zero-order chi connectivity index (χ0) is 13.8. The number of pyridine rings is 1. The third-order valence-electron chi connectivity index (χ3n) is 2.82. The highest BCUT2D eigenvalue weighted by Gasteiger charge is 2.12. The summed E-state index contributed by atoms with van der Waals surface area (Å²) in [6.45, 7) is 2.06. The van der Waals surface area contributed by atoms with Crippen molar-refractivity contribution in [2.24, 2.45) is 0 Å². The second-order valence-electron chi connectivity index (χ2n) is 4.15. The Morgan fingerprint density at radius 1 is 1.37 bits per heavy atom. The van der Waals surface area contributed by atoms with Crippen LogP contribution >= 0.6 is 27.5 Å². The van der Waals surface area contributed by atoms with Crippen molar-refractivity contribution in [1.29, 1.82) is 0 Å². The first-order valence-electron chi connectivity index (χ1n) is 5.93. The quantitative estimate of drug-likeness (QED) is 0.772. The molecule has 5 heteroatoms. The maximum Gasteiger partial charge on any atom is 0.152 e. The third kappa shape index (κ3) is 3.67. The van der Waals surface area contributed by atoms with E-state index in [1.807, 2.05) is 6.07 Å². The summed E-state index contributed by atoms with van der Waals surface area (Å²) in [7, 11) is 0. The van der Waals surface area contributed by atoms with Crippen LogP contribution in [0.1, 0.15) is 24.9 Å². The zero-order valence-electron chi connectivity index (χ0n) is 10.3. The number of hydrogen-bond acceptors (Lipinski definition) is 2. The summed E-state index contributed by atoms with van der Waals surface area (Å²) in [4.78, 5) is 4.07. The van der Waals surface area contributed by atoms with Gasteiger partial charge in [0.2, 0.25) is 0 Å². The lowest BCUT2D eigenvalue weighted by Crippen LogP contribution is -2.10. The fraction of sp³-hybridized carbons (Fsp3) is 0.214. The van der Waals surface area contributed by atoms with Crippen LogP contribution in [0.25, 0.3) is 0 Å². The average Bonchev–Trinajstić information content (AvgIpc) is 2.41. The number of hydrogen-bond donors (Lipinski definition) is 1. The van der Waals surface area contributed by atoms with Gasteiger partial charge in [-0.3, -0.25) is 0 Å². The van der Waals surface area contributed by atoms with Crippen LogP contribution in [0.4, 0.5) is 10.1 Å². The summed E-state index contributed by atoms with van der Waals surface area (Å²) < 4.78 is 13.8. The van der Waals surface area contributed by atoms with E-state index < -0.39 is 0 Å². The van der Waals surface area contributed by atoms with Crippen LogP contribution in [-0.2, 0) is 0 Å². The molecule has 0 aliphatic rings. The lowest BCUT2D eigenvalue weighted by molar-refractivity contribution is 0.625. The first-order chi connectivity index (χ1) is 9.10. The number of anilines is 1. The molecule has 2 rings (SSSR count). The molecule has 0 fully saturated rings. The molecule has 0 saturated heterocycles. The highest BCUT2D eigenvalue weighted by atomic mass is 79.9. The Bertz CT molecular complexity index is 560. The highest BCUT2D eigenvalue weighted by Crippen LogP contribution is 2.28. The smallest absolute Gasteiger partial charge is 0.152 e. The molecule has 1 atom stereocenters. The van der Waals surface area contributed by atoms with Crippen molar-refractivity contribution in [3.8, 4) is 0 Å². The van der Waals surface area contributed by atoms with Crippen molar-refractivity contribution < 1.29 is 4.39 Å². The van der Waals surface area contributed by atoms with Gasteiger partial charge in [-0.25, -0.2) is 9.37 Å². The molecule has 19 heavy (non-hydrogen) atoms. The summed E-state index contributed by atoms with van der Waals surface area (Å²) >= 11 is 9.42. The van der Waals surface area contributed by atoms with Crippen molar-refractivity contribution >= 4 is 33.2 Å². The topological polar surface area (TPSA) is 24.9 Å². The van der Waals surface area contributed by atoms with E-state index in [0.717, 1.165) is 22.1 Å². The van der Waals surface area contributed by atoms with E-state index in [-0.39, 0.29) is 11.9 Å². The number of rotatable bonds is 4. The number of nitrogens with zero attached hydrogens (tertiary/aromatic N) is 1. The first kappa shape index (κ1) is 14.3. The highest BCUT2D eigenvalue weighted by molar-refractivity contribution is 9.10. The Hall–Kier alpha value is -1.13. The maximum absolute atomic E-state index is 12.9. The molecule has 100 valence electrons. The van der Waals surface area contributed by atoms with Gasteiger partial charge in [0, 0.05) is 10.7 Å². The van der Waals surface area contributed by atoms with E-state index >= 15 is 0 Å². The minimum Gasteiger partial charge on any atom is -0.376 e. The minimum absolute atomic E-state index is 0.0641. The van der Waals surface area contributed by atoms with Gasteiger partial charge in [-0.1, -0.05) is 30.7 Å². The van der Waals surface area contributed by atoms with Crippen molar-refractivity contribution in [1.82, 2.24) is 4.98 Å². The monoisotopic (exact) mass is 342 g/mol. The molecular weight excluding hydrogens is 331 g/mol. The predicted octanol–water partition coefficient (Wildman–Crippen LogP) is 5.20. The SMILES string of the molecule is CCC(Nc1cc(Br)cnc1Cl)c1ccc(F)cc1. The molecule has 1 unspecified atom stereocenters. The van der Waals surface area contributed by atoms with Crippen LogP contribution in [0.3, 0.4) is 0 Å². The summed E-state index contributed by atoms with van der Waals surface area (Å²) in [5, 5.41) is 3.75. The van der Waals surface area contributed by atoms with Gasteiger partial charge in [-0.15, -0.1) is 0 Å². The molecule has 0 radical (unpaired) electrons. The van der Waals surface area contributed by atoms with Crippen molar-refractivity contribution in [2.45, 2.75) is 19.4 Å². The molecule has 0 saturated carbocycles. The molecule has 1 aromatic heterocycles. The zero-order valence-corrected chi connectivity index (χ0v) is 12.7. The Kier molecular flexibility index (Phi) is 4.77.